The van der Waals surface area contributed by atoms with Gasteiger partial charge in [-0.2, -0.15) is 0 Å². The molecule has 124 valence electrons. The molecule has 1 aliphatic carbocycles. The largest absolute Gasteiger partial charge is 0.349 e. The molecule has 4 heteroatoms. The van der Waals surface area contributed by atoms with Gasteiger partial charge in [0.1, 0.15) is 0 Å². The third-order valence-electron chi connectivity index (χ3n) is 4.16. The fourth-order valence-corrected chi connectivity index (χ4v) is 2.64. The highest BCUT2D eigenvalue weighted by atomic mass is 16.2. The van der Waals surface area contributed by atoms with Crippen LogP contribution in [0.25, 0.3) is 0 Å². The molecule has 0 saturated heterocycles. The second-order valence-corrected chi connectivity index (χ2v) is 6.48. The first-order chi connectivity index (χ1) is 11.5. The van der Waals surface area contributed by atoms with Crippen molar-refractivity contribution in [1.82, 2.24) is 10.2 Å². The highest BCUT2D eigenvalue weighted by Gasteiger charge is 2.23. The highest BCUT2D eigenvalue weighted by Crippen LogP contribution is 2.19. The Bertz CT molecular complexity index is 748. The van der Waals surface area contributed by atoms with Crippen LogP contribution in [0.15, 0.2) is 48.5 Å². The number of carbonyl (C=O) groups is 2. The fourth-order valence-electron chi connectivity index (χ4n) is 2.64. The van der Waals surface area contributed by atoms with Crippen LogP contribution in [0.1, 0.15) is 44.7 Å². The molecule has 1 fully saturated rings. The minimum Gasteiger partial charge on any atom is -0.349 e. The van der Waals surface area contributed by atoms with E-state index in [1.54, 1.807) is 36.2 Å². The summed E-state index contributed by atoms with van der Waals surface area (Å²) in [5, 5.41) is 2.95. The van der Waals surface area contributed by atoms with Gasteiger partial charge in [0.05, 0.1) is 0 Å². The molecule has 0 atom stereocenters. The van der Waals surface area contributed by atoms with Gasteiger partial charge < -0.3 is 10.2 Å². The molecule has 0 aromatic heterocycles. The van der Waals surface area contributed by atoms with Gasteiger partial charge in [-0.25, -0.2) is 0 Å². The van der Waals surface area contributed by atoms with E-state index in [0.717, 1.165) is 18.4 Å². The lowest BCUT2D eigenvalue weighted by Crippen LogP contribution is -2.27. The molecule has 0 unspecified atom stereocenters. The molecule has 1 aliphatic rings. The summed E-state index contributed by atoms with van der Waals surface area (Å²) in [4.78, 5) is 26.2. The predicted octanol–water partition coefficient (Wildman–Crippen LogP) is 3.16. The van der Waals surface area contributed by atoms with E-state index >= 15 is 0 Å². The zero-order valence-corrected chi connectivity index (χ0v) is 14.1. The first-order valence-corrected chi connectivity index (χ1v) is 8.25. The van der Waals surface area contributed by atoms with Crippen LogP contribution in [0.4, 0.5) is 0 Å². The number of nitrogens with zero attached hydrogens (tertiary/aromatic N) is 1. The molecule has 4 nitrogen and oxygen atoms in total. The Kier molecular flexibility index (Phi) is 4.65. The Morgan fingerprint density at radius 2 is 1.75 bits per heavy atom. The van der Waals surface area contributed by atoms with Crippen LogP contribution in [0.5, 0.6) is 0 Å². The summed E-state index contributed by atoms with van der Waals surface area (Å²) in [5.41, 5.74) is 3.47. The number of aryl methyl sites for hydroxylation is 1. The maximum absolute atomic E-state index is 12.5. The van der Waals surface area contributed by atoms with Gasteiger partial charge >= 0.3 is 0 Å². The molecule has 2 aromatic carbocycles. The van der Waals surface area contributed by atoms with Gasteiger partial charge in [0.2, 0.25) is 0 Å². The van der Waals surface area contributed by atoms with Crippen LogP contribution in [-0.4, -0.2) is 29.8 Å². The van der Waals surface area contributed by atoms with Gasteiger partial charge in [0.25, 0.3) is 11.8 Å². The molecule has 0 heterocycles. The Hall–Kier alpha value is -2.62. The Morgan fingerprint density at radius 1 is 1.08 bits per heavy atom. The Balaban J connectivity index is 1.64. The lowest BCUT2D eigenvalue weighted by atomic mass is 10.1. The zero-order valence-electron chi connectivity index (χ0n) is 14.1. The number of benzene rings is 2. The van der Waals surface area contributed by atoms with E-state index < -0.39 is 0 Å². The summed E-state index contributed by atoms with van der Waals surface area (Å²) >= 11 is 0. The third kappa shape index (κ3) is 4.02. The molecule has 3 rings (SSSR count). The summed E-state index contributed by atoms with van der Waals surface area (Å²) in [6.07, 6.45) is 2.12. The molecular formula is C20H22N2O2. The molecule has 2 amide bonds. The van der Waals surface area contributed by atoms with Crippen molar-refractivity contribution in [2.24, 2.45) is 0 Å². The SMILES string of the molecule is Cc1cccc(CN(C)C(=O)c2ccc(C(=O)NC3CC3)cc2)c1. The van der Waals surface area contributed by atoms with Crippen molar-refractivity contribution in [2.75, 3.05) is 7.05 Å². The van der Waals surface area contributed by atoms with E-state index in [2.05, 4.69) is 11.4 Å². The van der Waals surface area contributed by atoms with E-state index in [9.17, 15) is 9.59 Å². The fraction of sp³-hybridized carbons (Fsp3) is 0.300. The van der Waals surface area contributed by atoms with Crippen molar-refractivity contribution in [3.05, 3.63) is 70.8 Å². The van der Waals surface area contributed by atoms with Gasteiger partial charge in [0, 0.05) is 30.8 Å². The van der Waals surface area contributed by atoms with Crippen LogP contribution in [0.3, 0.4) is 0 Å². The lowest BCUT2D eigenvalue weighted by molar-refractivity contribution is 0.0784. The molecule has 24 heavy (non-hydrogen) atoms. The zero-order chi connectivity index (χ0) is 17.1. The smallest absolute Gasteiger partial charge is 0.253 e. The minimum absolute atomic E-state index is 0.0503. The maximum Gasteiger partial charge on any atom is 0.253 e. The summed E-state index contributed by atoms with van der Waals surface area (Å²) in [5.74, 6) is -0.115. The number of rotatable bonds is 5. The van der Waals surface area contributed by atoms with Gasteiger partial charge in [-0.3, -0.25) is 9.59 Å². The second-order valence-electron chi connectivity index (χ2n) is 6.48. The third-order valence-corrected chi connectivity index (χ3v) is 4.16. The lowest BCUT2D eigenvalue weighted by Gasteiger charge is -2.18. The van der Waals surface area contributed by atoms with Crippen molar-refractivity contribution in [1.29, 1.82) is 0 Å². The van der Waals surface area contributed by atoms with Gasteiger partial charge in [-0.1, -0.05) is 29.8 Å². The molecular weight excluding hydrogens is 300 g/mol. The van der Waals surface area contributed by atoms with E-state index in [4.69, 9.17) is 0 Å². The first kappa shape index (κ1) is 16.2. The first-order valence-electron chi connectivity index (χ1n) is 8.25. The molecule has 2 aromatic rings. The van der Waals surface area contributed by atoms with Gasteiger partial charge in [0.15, 0.2) is 0 Å². The average Bonchev–Trinajstić information content (AvgIpc) is 3.38. The molecule has 1 saturated carbocycles. The summed E-state index contributed by atoms with van der Waals surface area (Å²) in [7, 11) is 1.79. The number of hydrogen-bond donors (Lipinski definition) is 1. The number of nitrogens with one attached hydrogen (secondary N) is 1. The number of amides is 2. The molecule has 0 radical (unpaired) electrons. The van der Waals surface area contributed by atoms with Crippen molar-refractivity contribution < 1.29 is 9.59 Å². The standard InChI is InChI=1S/C20H22N2O2/c1-14-4-3-5-15(12-14)13-22(2)20(24)17-8-6-16(7-9-17)19(23)21-18-10-11-18/h3-9,12,18H,10-11,13H2,1-2H3,(H,21,23). The average molecular weight is 322 g/mol. The van der Waals surface area contributed by atoms with Crippen molar-refractivity contribution >= 4 is 11.8 Å². The highest BCUT2D eigenvalue weighted by molar-refractivity contribution is 5.97. The van der Waals surface area contributed by atoms with Gasteiger partial charge in [-0.15, -0.1) is 0 Å². The van der Waals surface area contributed by atoms with Crippen LogP contribution >= 0.6 is 0 Å². The van der Waals surface area contributed by atoms with Crippen LogP contribution in [0, 0.1) is 6.92 Å². The van der Waals surface area contributed by atoms with E-state index in [1.807, 2.05) is 25.1 Å². The molecule has 0 aliphatic heterocycles. The molecule has 1 N–H and O–H groups in total. The summed E-state index contributed by atoms with van der Waals surface area (Å²) in [6, 6.07) is 15.3. The number of hydrogen-bond acceptors (Lipinski definition) is 2. The van der Waals surface area contributed by atoms with Gasteiger partial charge in [-0.05, 0) is 49.6 Å². The van der Waals surface area contributed by atoms with Crippen molar-refractivity contribution in [3.63, 3.8) is 0 Å². The van der Waals surface area contributed by atoms with Crippen molar-refractivity contribution in [2.45, 2.75) is 32.4 Å². The van der Waals surface area contributed by atoms with Crippen LogP contribution in [0.2, 0.25) is 0 Å². The van der Waals surface area contributed by atoms with E-state index in [1.165, 1.54) is 5.56 Å². The number of carbonyl (C=O) groups excluding carboxylic acids is 2. The summed E-state index contributed by atoms with van der Waals surface area (Å²) in [6.45, 7) is 2.60. The monoisotopic (exact) mass is 322 g/mol. The van der Waals surface area contributed by atoms with Crippen molar-refractivity contribution in [3.8, 4) is 0 Å². The molecule has 0 bridgehead atoms. The van der Waals surface area contributed by atoms with E-state index in [-0.39, 0.29) is 11.8 Å². The normalized spacial score (nSPS) is 13.4. The van der Waals surface area contributed by atoms with E-state index in [0.29, 0.717) is 23.7 Å². The topological polar surface area (TPSA) is 49.4 Å². The molecule has 0 spiro atoms. The maximum atomic E-state index is 12.5. The second kappa shape index (κ2) is 6.87. The Labute approximate surface area is 142 Å². The minimum atomic E-state index is -0.0652. The van der Waals surface area contributed by atoms with Crippen LogP contribution < -0.4 is 5.32 Å². The Morgan fingerprint density at radius 3 is 2.38 bits per heavy atom. The predicted molar refractivity (Wildman–Crippen MR) is 93.9 cm³/mol. The quantitative estimate of drug-likeness (QED) is 0.919. The summed E-state index contributed by atoms with van der Waals surface area (Å²) < 4.78 is 0. The van der Waals surface area contributed by atoms with Crippen LogP contribution in [-0.2, 0) is 6.54 Å².